The summed E-state index contributed by atoms with van der Waals surface area (Å²) in [6.07, 6.45) is -0.515. The normalized spacial score (nSPS) is 23.1. The zero-order chi connectivity index (χ0) is 13.3. The number of rotatable bonds is 2. The van der Waals surface area contributed by atoms with Gasteiger partial charge < -0.3 is 15.3 Å². The number of likely N-dealkylation sites (N-methyl/N-ethyl adjacent to an activating group) is 1. The third kappa shape index (κ3) is 2.66. The Morgan fingerprint density at radius 1 is 1.44 bits per heavy atom. The van der Waals surface area contributed by atoms with Gasteiger partial charge in [0.15, 0.2) is 0 Å². The molecule has 1 heterocycles. The lowest BCUT2D eigenvalue weighted by Gasteiger charge is -2.26. The zero-order valence-electron chi connectivity index (χ0n) is 10.5. The van der Waals surface area contributed by atoms with Gasteiger partial charge in [-0.3, -0.25) is 4.79 Å². The number of carbonyl (C=O) groups is 1. The SMILES string of the molecule is Cc1cc(Cl)cc(C(=O)N(C)[C@@H]2CNC[C@H]2O)c1. The van der Waals surface area contributed by atoms with Crippen molar-refractivity contribution in [3.05, 3.63) is 34.3 Å². The van der Waals surface area contributed by atoms with Gasteiger partial charge in [0.05, 0.1) is 12.1 Å². The highest BCUT2D eigenvalue weighted by Crippen LogP contribution is 2.18. The molecule has 1 aliphatic rings. The first-order valence-electron chi connectivity index (χ1n) is 5.92. The Labute approximate surface area is 112 Å². The summed E-state index contributed by atoms with van der Waals surface area (Å²) >= 11 is 5.95. The second-order valence-corrected chi connectivity index (χ2v) is 5.16. The van der Waals surface area contributed by atoms with Crippen LogP contribution in [0, 0.1) is 6.92 Å². The minimum absolute atomic E-state index is 0.117. The molecular formula is C13H17ClN2O2. The molecule has 2 N–H and O–H groups in total. The first-order chi connectivity index (χ1) is 8.49. The van der Waals surface area contributed by atoms with Crippen LogP contribution >= 0.6 is 11.6 Å². The van der Waals surface area contributed by atoms with E-state index in [1.54, 1.807) is 24.1 Å². The van der Waals surface area contributed by atoms with Crippen molar-refractivity contribution in [2.45, 2.75) is 19.1 Å². The molecule has 0 saturated carbocycles. The van der Waals surface area contributed by atoms with Gasteiger partial charge in [0.2, 0.25) is 0 Å². The predicted molar refractivity (Wildman–Crippen MR) is 70.9 cm³/mol. The van der Waals surface area contributed by atoms with E-state index < -0.39 is 6.10 Å². The summed E-state index contributed by atoms with van der Waals surface area (Å²) in [5.41, 5.74) is 1.51. The fourth-order valence-electron chi connectivity index (χ4n) is 2.26. The van der Waals surface area contributed by atoms with Gasteiger partial charge in [-0.2, -0.15) is 0 Å². The Balaban J connectivity index is 2.19. The van der Waals surface area contributed by atoms with Crippen LogP contribution in [0.2, 0.25) is 5.02 Å². The number of hydrogen-bond acceptors (Lipinski definition) is 3. The van der Waals surface area contributed by atoms with Crippen molar-refractivity contribution in [1.82, 2.24) is 10.2 Å². The number of hydrogen-bond donors (Lipinski definition) is 2. The van der Waals surface area contributed by atoms with Crippen molar-refractivity contribution in [3.8, 4) is 0 Å². The molecule has 1 aliphatic heterocycles. The van der Waals surface area contributed by atoms with Gasteiger partial charge in [-0.05, 0) is 30.7 Å². The van der Waals surface area contributed by atoms with E-state index in [1.807, 2.05) is 13.0 Å². The summed E-state index contributed by atoms with van der Waals surface area (Å²) in [5.74, 6) is -0.117. The standard InChI is InChI=1S/C13H17ClN2O2/c1-8-3-9(5-10(14)4-8)13(18)16(2)11-6-15-7-12(11)17/h3-5,11-12,15,17H,6-7H2,1-2H3/t11-,12-/m1/s1. The average molecular weight is 269 g/mol. The molecule has 1 fully saturated rings. The number of amides is 1. The van der Waals surface area contributed by atoms with E-state index in [0.717, 1.165) is 5.56 Å². The maximum atomic E-state index is 12.3. The van der Waals surface area contributed by atoms with Gasteiger partial charge in [-0.15, -0.1) is 0 Å². The first kappa shape index (κ1) is 13.3. The minimum atomic E-state index is -0.515. The van der Waals surface area contributed by atoms with Gasteiger partial charge in [-0.1, -0.05) is 11.6 Å². The maximum Gasteiger partial charge on any atom is 0.254 e. The number of nitrogens with one attached hydrogen (secondary N) is 1. The van der Waals surface area contributed by atoms with Crippen molar-refractivity contribution in [1.29, 1.82) is 0 Å². The molecule has 98 valence electrons. The quantitative estimate of drug-likeness (QED) is 0.843. The average Bonchev–Trinajstić information content (AvgIpc) is 2.72. The summed E-state index contributed by atoms with van der Waals surface area (Å²) in [7, 11) is 1.71. The summed E-state index contributed by atoms with van der Waals surface area (Å²) in [4.78, 5) is 13.9. The third-order valence-corrected chi connectivity index (χ3v) is 3.48. The lowest BCUT2D eigenvalue weighted by molar-refractivity contribution is 0.0581. The largest absolute Gasteiger partial charge is 0.390 e. The molecule has 2 atom stereocenters. The van der Waals surface area contributed by atoms with Gasteiger partial charge >= 0.3 is 0 Å². The first-order valence-corrected chi connectivity index (χ1v) is 6.30. The molecule has 1 aromatic rings. The molecule has 0 aromatic heterocycles. The topological polar surface area (TPSA) is 52.6 Å². The van der Waals surface area contributed by atoms with Crippen LogP contribution in [-0.4, -0.2) is 48.2 Å². The summed E-state index contributed by atoms with van der Waals surface area (Å²) in [6.45, 7) is 3.04. The number of carbonyl (C=O) groups excluding carboxylic acids is 1. The molecule has 0 aliphatic carbocycles. The van der Waals surface area contributed by atoms with E-state index in [0.29, 0.717) is 23.7 Å². The number of aryl methyl sites for hydroxylation is 1. The number of β-amino-alcohol motifs (C(OH)–C–C–N with tert-alkyl or cyclic N) is 1. The van der Waals surface area contributed by atoms with Gasteiger partial charge in [0.1, 0.15) is 0 Å². The van der Waals surface area contributed by atoms with Crippen LogP contribution in [0.1, 0.15) is 15.9 Å². The fraction of sp³-hybridized carbons (Fsp3) is 0.462. The molecular weight excluding hydrogens is 252 g/mol. The van der Waals surface area contributed by atoms with Crippen molar-refractivity contribution < 1.29 is 9.90 Å². The predicted octanol–water partition coefficient (Wildman–Crippen LogP) is 1.05. The second kappa shape index (κ2) is 5.26. The molecule has 0 bridgehead atoms. The number of nitrogens with zero attached hydrogens (tertiary/aromatic N) is 1. The molecule has 0 spiro atoms. The van der Waals surface area contributed by atoms with Gasteiger partial charge in [0, 0.05) is 30.7 Å². The van der Waals surface area contributed by atoms with Crippen LogP contribution in [0.3, 0.4) is 0 Å². The van der Waals surface area contributed by atoms with E-state index in [2.05, 4.69) is 5.32 Å². The number of aliphatic hydroxyl groups is 1. The van der Waals surface area contributed by atoms with Crippen LogP contribution in [-0.2, 0) is 0 Å². The molecule has 1 amide bonds. The third-order valence-electron chi connectivity index (χ3n) is 3.26. The summed E-state index contributed by atoms with van der Waals surface area (Å²) < 4.78 is 0. The van der Waals surface area contributed by atoms with Crippen molar-refractivity contribution in [2.75, 3.05) is 20.1 Å². The van der Waals surface area contributed by atoms with E-state index in [9.17, 15) is 9.90 Å². The van der Waals surface area contributed by atoms with Crippen LogP contribution in [0.25, 0.3) is 0 Å². The van der Waals surface area contributed by atoms with E-state index in [-0.39, 0.29) is 11.9 Å². The Morgan fingerprint density at radius 3 is 2.72 bits per heavy atom. The van der Waals surface area contributed by atoms with Crippen LogP contribution < -0.4 is 5.32 Å². The van der Waals surface area contributed by atoms with E-state index >= 15 is 0 Å². The lowest BCUT2D eigenvalue weighted by Crippen LogP contribution is -2.44. The Bertz CT molecular complexity index is 444. The lowest BCUT2D eigenvalue weighted by atomic mass is 10.1. The molecule has 2 rings (SSSR count). The molecule has 5 heteroatoms. The fourth-order valence-corrected chi connectivity index (χ4v) is 2.55. The maximum absolute atomic E-state index is 12.3. The van der Waals surface area contributed by atoms with Crippen molar-refractivity contribution in [2.24, 2.45) is 0 Å². The molecule has 18 heavy (non-hydrogen) atoms. The van der Waals surface area contributed by atoms with E-state index in [1.165, 1.54) is 0 Å². The summed E-state index contributed by atoms with van der Waals surface area (Å²) in [6, 6.07) is 5.09. The molecule has 0 radical (unpaired) electrons. The second-order valence-electron chi connectivity index (χ2n) is 4.73. The number of benzene rings is 1. The zero-order valence-corrected chi connectivity index (χ0v) is 11.2. The Hall–Kier alpha value is -1.10. The highest BCUT2D eigenvalue weighted by molar-refractivity contribution is 6.31. The molecule has 0 unspecified atom stereocenters. The Morgan fingerprint density at radius 2 is 2.17 bits per heavy atom. The van der Waals surface area contributed by atoms with Crippen LogP contribution in [0.5, 0.6) is 0 Å². The number of aliphatic hydroxyl groups excluding tert-OH is 1. The molecule has 4 nitrogen and oxygen atoms in total. The smallest absolute Gasteiger partial charge is 0.254 e. The van der Waals surface area contributed by atoms with Crippen LogP contribution in [0.4, 0.5) is 0 Å². The summed E-state index contributed by atoms with van der Waals surface area (Å²) in [5, 5.41) is 13.4. The van der Waals surface area contributed by atoms with Gasteiger partial charge in [-0.25, -0.2) is 0 Å². The van der Waals surface area contributed by atoms with Crippen molar-refractivity contribution >= 4 is 17.5 Å². The van der Waals surface area contributed by atoms with Crippen molar-refractivity contribution in [3.63, 3.8) is 0 Å². The molecule has 1 aromatic carbocycles. The highest BCUT2D eigenvalue weighted by atomic mass is 35.5. The van der Waals surface area contributed by atoms with Crippen LogP contribution in [0.15, 0.2) is 18.2 Å². The molecule has 1 saturated heterocycles. The minimum Gasteiger partial charge on any atom is -0.390 e. The monoisotopic (exact) mass is 268 g/mol. The van der Waals surface area contributed by atoms with E-state index in [4.69, 9.17) is 11.6 Å². The Kier molecular flexibility index (Phi) is 3.90. The highest BCUT2D eigenvalue weighted by Gasteiger charge is 2.31. The van der Waals surface area contributed by atoms with Gasteiger partial charge in [0.25, 0.3) is 5.91 Å². The number of halogens is 1.